The molecule has 0 amide bonds. The third kappa shape index (κ3) is 13.3. The summed E-state index contributed by atoms with van der Waals surface area (Å²) in [6, 6.07) is 0. The monoisotopic (exact) mass is 270 g/mol. The van der Waals surface area contributed by atoms with Gasteiger partial charge >= 0.3 is 12.1 Å². The van der Waals surface area contributed by atoms with Crippen LogP contribution >= 0.6 is 0 Å². The molecule has 3 nitrogen and oxygen atoms in total. The third-order valence-corrected chi connectivity index (χ3v) is 2.36. The highest BCUT2D eigenvalue weighted by molar-refractivity contribution is 5.68. The molecule has 0 saturated carbocycles. The fourth-order valence-corrected chi connectivity index (χ4v) is 1.43. The van der Waals surface area contributed by atoms with Crippen LogP contribution in [0, 0.1) is 0 Å². The van der Waals surface area contributed by atoms with Gasteiger partial charge in [0, 0.05) is 6.42 Å². The molecule has 0 N–H and O–H groups in total. The van der Waals surface area contributed by atoms with Crippen molar-refractivity contribution in [2.75, 3.05) is 6.61 Å². The zero-order valence-corrected chi connectivity index (χ0v) is 10.7. The maximum Gasteiger partial charge on any atom is 0.415 e. The lowest BCUT2D eigenvalue weighted by atomic mass is 10.1. The summed E-state index contributed by atoms with van der Waals surface area (Å²) in [6.07, 6.45) is 2.90. The second-order valence-corrected chi connectivity index (χ2v) is 4.20. The second kappa shape index (κ2) is 10.2. The van der Waals surface area contributed by atoms with Gasteiger partial charge in [0.25, 0.3) is 0 Å². The Labute approximate surface area is 106 Å². The smallest absolute Gasteiger partial charge is 0.298 e. The Kier molecular flexibility index (Phi) is 9.73. The SMILES string of the molecule is CCCCCCCCCC(=O)OOCC(F)(F)F. The number of carbonyl (C=O) groups is 1. The minimum atomic E-state index is -4.47. The number of hydrogen-bond acceptors (Lipinski definition) is 3. The molecule has 0 radical (unpaired) electrons. The van der Waals surface area contributed by atoms with Crippen molar-refractivity contribution in [3.8, 4) is 0 Å². The average molecular weight is 270 g/mol. The minimum Gasteiger partial charge on any atom is -0.298 e. The second-order valence-electron chi connectivity index (χ2n) is 4.20. The van der Waals surface area contributed by atoms with Gasteiger partial charge in [0.15, 0.2) is 6.61 Å². The lowest BCUT2D eigenvalue weighted by Gasteiger charge is -2.06. The Morgan fingerprint density at radius 3 is 2.11 bits per heavy atom. The van der Waals surface area contributed by atoms with Gasteiger partial charge in [-0.15, -0.1) is 0 Å². The van der Waals surface area contributed by atoms with E-state index in [4.69, 9.17) is 0 Å². The largest absolute Gasteiger partial charge is 0.415 e. The molecule has 0 atom stereocenters. The van der Waals surface area contributed by atoms with E-state index in [-0.39, 0.29) is 6.42 Å². The van der Waals surface area contributed by atoms with E-state index >= 15 is 0 Å². The van der Waals surface area contributed by atoms with Crippen LogP contribution in [0.3, 0.4) is 0 Å². The van der Waals surface area contributed by atoms with Crippen molar-refractivity contribution in [2.24, 2.45) is 0 Å². The number of unbranched alkanes of at least 4 members (excludes halogenated alkanes) is 6. The fourth-order valence-electron chi connectivity index (χ4n) is 1.43. The Balaban J connectivity index is 3.27. The Hall–Kier alpha value is -0.780. The predicted molar refractivity (Wildman–Crippen MR) is 60.7 cm³/mol. The molecule has 6 heteroatoms. The van der Waals surface area contributed by atoms with Gasteiger partial charge in [0.1, 0.15) is 0 Å². The van der Waals surface area contributed by atoms with Crippen molar-refractivity contribution in [3.05, 3.63) is 0 Å². The third-order valence-electron chi connectivity index (χ3n) is 2.36. The van der Waals surface area contributed by atoms with Crippen LogP contribution in [0.1, 0.15) is 58.3 Å². The minimum absolute atomic E-state index is 0.103. The van der Waals surface area contributed by atoms with Crippen LogP contribution in [0.15, 0.2) is 0 Å². The van der Waals surface area contributed by atoms with E-state index in [0.717, 1.165) is 19.3 Å². The number of alkyl halides is 3. The maximum absolute atomic E-state index is 11.6. The number of hydrogen-bond donors (Lipinski definition) is 0. The van der Waals surface area contributed by atoms with Gasteiger partial charge in [0.2, 0.25) is 0 Å². The van der Waals surface area contributed by atoms with Gasteiger partial charge in [-0.3, -0.25) is 4.89 Å². The molecule has 0 aromatic carbocycles. The topological polar surface area (TPSA) is 35.5 Å². The van der Waals surface area contributed by atoms with Gasteiger partial charge in [-0.25, -0.2) is 4.79 Å². The first-order chi connectivity index (χ1) is 8.45. The molecule has 0 bridgehead atoms. The maximum atomic E-state index is 11.6. The van der Waals surface area contributed by atoms with Gasteiger partial charge in [0.05, 0.1) is 0 Å². The molecule has 0 rings (SSSR count). The summed E-state index contributed by atoms with van der Waals surface area (Å²) in [4.78, 5) is 18.7. The Bertz CT molecular complexity index is 217. The van der Waals surface area contributed by atoms with Crippen LogP contribution in [0.25, 0.3) is 0 Å². The van der Waals surface area contributed by atoms with Gasteiger partial charge in [-0.1, -0.05) is 45.4 Å². The summed E-state index contributed by atoms with van der Waals surface area (Å²) in [5, 5.41) is 0. The van der Waals surface area contributed by atoms with E-state index < -0.39 is 18.8 Å². The summed E-state index contributed by atoms with van der Waals surface area (Å²) < 4.78 is 34.9. The van der Waals surface area contributed by atoms with Crippen LogP contribution < -0.4 is 0 Å². The van der Waals surface area contributed by atoms with Crippen molar-refractivity contribution >= 4 is 5.97 Å². The Morgan fingerprint density at radius 2 is 1.56 bits per heavy atom. The van der Waals surface area contributed by atoms with E-state index in [1.165, 1.54) is 19.3 Å². The van der Waals surface area contributed by atoms with E-state index in [2.05, 4.69) is 16.7 Å². The molecule has 0 saturated heterocycles. The summed E-state index contributed by atoms with van der Waals surface area (Å²) in [5.74, 6) is -0.743. The normalized spacial score (nSPS) is 11.6. The van der Waals surface area contributed by atoms with Gasteiger partial charge in [-0.05, 0) is 6.42 Å². The van der Waals surface area contributed by atoms with E-state index in [1.807, 2.05) is 0 Å². The van der Waals surface area contributed by atoms with Crippen molar-refractivity contribution in [1.29, 1.82) is 0 Å². The quantitative estimate of drug-likeness (QED) is 0.339. The molecule has 0 heterocycles. The van der Waals surface area contributed by atoms with Crippen molar-refractivity contribution in [1.82, 2.24) is 0 Å². The predicted octanol–water partition coefficient (Wildman–Crippen LogP) is 4.16. The number of rotatable bonds is 10. The highest BCUT2D eigenvalue weighted by Gasteiger charge is 2.29. The molecule has 0 aromatic rings. The molecule has 108 valence electrons. The number of halogens is 3. The standard InChI is InChI=1S/C12H21F3O3/c1-2-3-4-5-6-7-8-9-11(16)18-17-10-12(13,14)15/h2-10H2,1H3. The summed E-state index contributed by atoms with van der Waals surface area (Å²) >= 11 is 0. The van der Waals surface area contributed by atoms with Crippen LogP contribution in [0.2, 0.25) is 0 Å². The Morgan fingerprint density at radius 1 is 1.00 bits per heavy atom. The highest BCUT2D eigenvalue weighted by atomic mass is 19.4. The van der Waals surface area contributed by atoms with Gasteiger partial charge in [-0.2, -0.15) is 18.1 Å². The first kappa shape index (κ1) is 17.2. The zero-order chi connectivity index (χ0) is 13.9. The summed E-state index contributed by atoms with van der Waals surface area (Å²) in [7, 11) is 0. The first-order valence-corrected chi connectivity index (χ1v) is 6.34. The average Bonchev–Trinajstić information content (AvgIpc) is 2.26. The van der Waals surface area contributed by atoms with Crippen molar-refractivity contribution < 1.29 is 27.7 Å². The lowest BCUT2D eigenvalue weighted by Crippen LogP contribution is -2.18. The van der Waals surface area contributed by atoms with E-state index in [1.54, 1.807) is 0 Å². The summed E-state index contributed by atoms with van der Waals surface area (Å²) in [5.41, 5.74) is 0. The first-order valence-electron chi connectivity index (χ1n) is 6.34. The molecule has 0 aliphatic heterocycles. The van der Waals surface area contributed by atoms with Crippen LogP contribution in [0.5, 0.6) is 0 Å². The van der Waals surface area contributed by atoms with Crippen molar-refractivity contribution in [2.45, 2.75) is 64.5 Å². The van der Waals surface area contributed by atoms with E-state index in [9.17, 15) is 18.0 Å². The molecule has 18 heavy (non-hydrogen) atoms. The molecular formula is C12H21F3O3. The van der Waals surface area contributed by atoms with E-state index in [0.29, 0.717) is 6.42 Å². The molecular weight excluding hydrogens is 249 g/mol. The molecule has 0 aliphatic rings. The molecule has 0 aromatic heterocycles. The zero-order valence-electron chi connectivity index (χ0n) is 10.7. The molecule has 0 unspecified atom stereocenters. The molecule has 0 aliphatic carbocycles. The summed E-state index contributed by atoms with van der Waals surface area (Å²) in [6.45, 7) is 0.576. The molecule has 0 spiro atoms. The van der Waals surface area contributed by atoms with Gasteiger partial charge < -0.3 is 0 Å². The van der Waals surface area contributed by atoms with Crippen LogP contribution in [0.4, 0.5) is 13.2 Å². The molecule has 0 fully saturated rings. The lowest BCUT2D eigenvalue weighted by molar-refractivity contribution is -0.317. The van der Waals surface area contributed by atoms with Crippen molar-refractivity contribution in [3.63, 3.8) is 0 Å². The fraction of sp³-hybridized carbons (Fsp3) is 0.917. The van der Waals surface area contributed by atoms with Crippen LogP contribution in [-0.2, 0) is 14.6 Å². The highest BCUT2D eigenvalue weighted by Crippen LogP contribution is 2.15. The number of carbonyl (C=O) groups excluding carboxylic acids is 1. The van der Waals surface area contributed by atoms with Crippen LogP contribution in [-0.4, -0.2) is 18.8 Å².